The molecule has 7 nitrogen and oxygen atoms in total. The second kappa shape index (κ2) is 12.8. The normalized spacial score (nSPS) is 15.3. The van der Waals surface area contributed by atoms with Crippen molar-refractivity contribution < 1.29 is 31.9 Å². The largest absolute Gasteiger partial charge is 0.447 e. The van der Waals surface area contributed by atoms with Gasteiger partial charge in [0.1, 0.15) is 24.1 Å². The van der Waals surface area contributed by atoms with Crippen LogP contribution in [0.3, 0.4) is 0 Å². The smallest absolute Gasteiger partial charge is 0.412 e. The zero-order chi connectivity index (χ0) is 28.9. The van der Waals surface area contributed by atoms with E-state index in [-0.39, 0.29) is 49.3 Å². The molecule has 1 N–H and O–H groups in total. The number of alkyl halides is 2. The molecule has 2 aromatic carbocycles. The first-order valence-corrected chi connectivity index (χ1v) is 13.2. The molecule has 0 radical (unpaired) electrons. The number of hydrogen-bond acceptors (Lipinski definition) is 5. The van der Waals surface area contributed by atoms with Crippen molar-refractivity contribution >= 4 is 40.2 Å². The highest BCUT2D eigenvalue weighted by Crippen LogP contribution is 2.27. The number of carbonyl (C=O) groups is 2. The average molecular weight is 581 g/mol. The molecule has 0 bridgehead atoms. The van der Waals surface area contributed by atoms with Crippen LogP contribution < -0.4 is 5.32 Å². The number of likely N-dealkylation sites (tertiary alicyclic amines) is 1. The highest BCUT2D eigenvalue weighted by Gasteiger charge is 2.43. The summed E-state index contributed by atoms with van der Waals surface area (Å²) < 4.78 is 59.0. The minimum absolute atomic E-state index is 0.0362. The Morgan fingerprint density at radius 3 is 2.70 bits per heavy atom. The number of carbonyl (C=O) groups excluding carboxylic acids is 2. The predicted octanol–water partition coefficient (Wildman–Crippen LogP) is 5.91. The number of rotatable bonds is 11. The van der Waals surface area contributed by atoms with Gasteiger partial charge in [-0.25, -0.2) is 27.3 Å². The molecular weight excluding hydrogens is 552 g/mol. The third-order valence-corrected chi connectivity index (χ3v) is 7.25. The highest BCUT2D eigenvalue weighted by molar-refractivity contribution is 6.31. The minimum Gasteiger partial charge on any atom is -0.447 e. The fourth-order valence-corrected chi connectivity index (χ4v) is 4.78. The van der Waals surface area contributed by atoms with Gasteiger partial charge in [-0.05, 0) is 67.1 Å². The number of anilines is 1. The molecule has 1 atom stereocenters. The van der Waals surface area contributed by atoms with Crippen molar-refractivity contribution in [2.45, 2.75) is 37.6 Å². The van der Waals surface area contributed by atoms with E-state index >= 15 is 0 Å². The van der Waals surface area contributed by atoms with Gasteiger partial charge in [-0.2, -0.15) is 0 Å². The molecule has 0 spiro atoms. The fraction of sp³-hybridized carbons (Fsp3) is 0.393. The van der Waals surface area contributed by atoms with E-state index in [1.54, 1.807) is 24.1 Å². The van der Waals surface area contributed by atoms with Crippen LogP contribution in [0.4, 0.5) is 28.2 Å². The molecule has 0 aliphatic carbocycles. The Labute approximate surface area is 234 Å². The van der Waals surface area contributed by atoms with Gasteiger partial charge >= 0.3 is 6.09 Å². The summed E-state index contributed by atoms with van der Waals surface area (Å²) in [5.74, 6) is -3.78. The van der Waals surface area contributed by atoms with E-state index in [2.05, 4.69) is 10.3 Å². The summed E-state index contributed by atoms with van der Waals surface area (Å²) >= 11 is 6.00. The molecule has 214 valence electrons. The van der Waals surface area contributed by atoms with Crippen molar-refractivity contribution in [2.24, 2.45) is 0 Å². The molecule has 2 heterocycles. The van der Waals surface area contributed by atoms with Crippen molar-refractivity contribution in [3.63, 3.8) is 0 Å². The van der Waals surface area contributed by atoms with Crippen LogP contribution in [0.2, 0.25) is 5.02 Å². The first-order chi connectivity index (χ1) is 19.0. The third-order valence-electron chi connectivity index (χ3n) is 6.82. The number of aromatic nitrogens is 1. The Morgan fingerprint density at radius 1 is 1.18 bits per heavy atom. The van der Waals surface area contributed by atoms with Gasteiger partial charge in [-0.1, -0.05) is 23.7 Å². The Morgan fingerprint density at radius 2 is 1.95 bits per heavy atom. The molecule has 40 heavy (non-hydrogen) atoms. The number of fused-ring (bicyclic) bond motifs is 1. The predicted molar refractivity (Wildman–Crippen MR) is 144 cm³/mol. The van der Waals surface area contributed by atoms with Gasteiger partial charge in [-0.15, -0.1) is 0 Å². The fourth-order valence-electron chi connectivity index (χ4n) is 4.56. The van der Waals surface area contributed by atoms with E-state index in [1.807, 2.05) is 0 Å². The zero-order valence-electron chi connectivity index (χ0n) is 21.8. The summed E-state index contributed by atoms with van der Waals surface area (Å²) in [6.45, 7) is -0.352. The Kier molecular flexibility index (Phi) is 9.47. The average Bonchev–Trinajstić information content (AvgIpc) is 2.89. The van der Waals surface area contributed by atoms with Crippen molar-refractivity contribution in [3.05, 3.63) is 70.9 Å². The number of nitrogens with zero attached hydrogens (tertiary/aromatic N) is 3. The second-order valence-electron chi connectivity index (χ2n) is 9.86. The van der Waals surface area contributed by atoms with Crippen LogP contribution in [0.15, 0.2) is 48.7 Å². The van der Waals surface area contributed by atoms with Crippen LogP contribution in [-0.4, -0.2) is 72.0 Å². The van der Waals surface area contributed by atoms with Gasteiger partial charge < -0.3 is 9.64 Å². The molecule has 1 saturated heterocycles. The van der Waals surface area contributed by atoms with E-state index in [0.29, 0.717) is 35.7 Å². The molecule has 1 aliphatic heterocycles. The van der Waals surface area contributed by atoms with Crippen LogP contribution in [0.25, 0.3) is 10.8 Å². The van der Waals surface area contributed by atoms with Gasteiger partial charge in [-0.3, -0.25) is 15.0 Å². The molecule has 0 unspecified atom stereocenters. The molecule has 1 aliphatic rings. The number of halogens is 5. The summed E-state index contributed by atoms with van der Waals surface area (Å²) in [4.78, 5) is 32.7. The molecule has 4 rings (SSSR count). The SMILES string of the molecule is CN(C(=O)CCc1cccc(F)c1Cl)[C@@H](CCCN1CC(F)(F)C1)COC(=O)Nc1cc2cc(F)ccc2cn1. The molecular formula is C28H29ClF4N4O3. The monoisotopic (exact) mass is 580 g/mol. The van der Waals surface area contributed by atoms with Gasteiger partial charge in [0.2, 0.25) is 5.91 Å². The van der Waals surface area contributed by atoms with Gasteiger partial charge in [0.15, 0.2) is 0 Å². The van der Waals surface area contributed by atoms with Crippen LogP contribution in [0, 0.1) is 11.6 Å². The number of nitrogens with one attached hydrogen (secondary N) is 1. The first-order valence-electron chi connectivity index (χ1n) is 12.8. The van der Waals surface area contributed by atoms with Crippen LogP contribution in [0.1, 0.15) is 24.8 Å². The summed E-state index contributed by atoms with van der Waals surface area (Å²) in [5, 5.41) is 3.70. The second-order valence-corrected chi connectivity index (χ2v) is 10.2. The lowest BCUT2D eigenvalue weighted by Gasteiger charge is -2.39. The Hall–Kier alpha value is -3.44. The number of pyridine rings is 1. The molecule has 1 aromatic heterocycles. The number of hydrogen-bond donors (Lipinski definition) is 1. The lowest BCUT2D eigenvalue weighted by Crippen LogP contribution is -2.56. The topological polar surface area (TPSA) is 74.8 Å². The summed E-state index contributed by atoms with van der Waals surface area (Å²) in [6, 6.07) is 9.55. The van der Waals surface area contributed by atoms with Gasteiger partial charge in [0.25, 0.3) is 5.92 Å². The number of aryl methyl sites for hydroxylation is 1. The van der Waals surface area contributed by atoms with E-state index < -0.39 is 29.7 Å². The summed E-state index contributed by atoms with van der Waals surface area (Å²) in [7, 11) is 1.57. The Balaban J connectivity index is 1.35. The van der Waals surface area contributed by atoms with Gasteiger partial charge in [0.05, 0.1) is 24.2 Å². The van der Waals surface area contributed by atoms with Crippen LogP contribution in [-0.2, 0) is 16.0 Å². The van der Waals surface area contributed by atoms with E-state index in [1.165, 1.54) is 41.4 Å². The lowest BCUT2D eigenvalue weighted by atomic mass is 10.1. The van der Waals surface area contributed by atoms with E-state index in [4.69, 9.17) is 16.3 Å². The van der Waals surface area contributed by atoms with Crippen molar-refractivity contribution in [1.82, 2.24) is 14.8 Å². The van der Waals surface area contributed by atoms with Gasteiger partial charge in [0, 0.05) is 25.1 Å². The molecule has 2 amide bonds. The van der Waals surface area contributed by atoms with Crippen molar-refractivity contribution in [1.29, 1.82) is 0 Å². The van der Waals surface area contributed by atoms with Crippen LogP contribution >= 0.6 is 11.6 Å². The van der Waals surface area contributed by atoms with Crippen molar-refractivity contribution in [3.8, 4) is 0 Å². The minimum atomic E-state index is -2.67. The highest BCUT2D eigenvalue weighted by atomic mass is 35.5. The van der Waals surface area contributed by atoms with E-state index in [0.717, 1.165) is 0 Å². The lowest BCUT2D eigenvalue weighted by molar-refractivity contribution is -0.134. The maximum atomic E-state index is 13.8. The molecule has 1 fully saturated rings. The van der Waals surface area contributed by atoms with E-state index in [9.17, 15) is 27.2 Å². The van der Waals surface area contributed by atoms with Crippen LogP contribution in [0.5, 0.6) is 0 Å². The maximum absolute atomic E-state index is 13.8. The van der Waals surface area contributed by atoms with Crippen molar-refractivity contribution in [2.75, 3.05) is 38.6 Å². The molecule has 12 heteroatoms. The number of benzene rings is 2. The zero-order valence-corrected chi connectivity index (χ0v) is 22.6. The number of likely N-dealkylation sites (N-methyl/N-ethyl adjacent to an activating group) is 1. The standard InChI is InChI=1S/C28H29ClF4N4O3/c1-36(25(38)10-8-18-4-2-6-23(31)26(18)29)22(5-3-11-37-16-28(32,33)17-37)15-40-27(39)35-24-13-20-12-21(30)9-7-19(20)14-34-24/h2,4,6-7,9,12-14,22H,3,5,8,10-11,15-17H2,1H3,(H,34,35,39)/t22-/m0/s1. The molecule has 0 saturated carbocycles. The quantitative estimate of drug-likeness (QED) is 0.286. The maximum Gasteiger partial charge on any atom is 0.412 e. The third kappa shape index (κ3) is 7.82. The molecule has 3 aromatic rings. The first kappa shape index (κ1) is 29.5. The summed E-state index contributed by atoms with van der Waals surface area (Å²) in [6.07, 6.45) is 1.82. The summed E-state index contributed by atoms with van der Waals surface area (Å²) in [5.41, 5.74) is 0.497. The number of ether oxygens (including phenoxy) is 1. The number of amides is 2. The Bertz CT molecular complexity index is 1370.